The first kappa shape index (κ1) is 13.3. The van der Waals surface area contributed by atoms with E-state index in [0.717, 1.165) is 18.6 Å². The molecule has 0 fully saturated rings. The fraction of sp³-hybridized carbons (Fsp3) is 0.235. The summed E-state index contributed by atoms with van der Waals surface area (Å²) in [7, 11) is 0. The normalized spacial score (nSPS) is 11.1. The lowest BCUT2D eigenvalue weighted by Crippen LogP contribution is -2.11. The predicted molar refractivity (Wildman–Crippen MR) is 86.1 cm³/mol. The van der Waals surface area contributed by atoms with Crippen molar-refractivity contribution in [2.45, 2.75) is 26.9 Å². The zero-order valence-corrected chi connectivity index (χ0v) is 12.6. The monoisotopic (exact) mass is 282 g/mol. The van der Waals surface area contributed by atoms with E-state index in [0.29, 0.717) is 0 Å². The summed E-state index contributed by atoms with van der Waals surface area (Å²) in [5.74, 6) is 0. The van der Waals surface area contributed by atoms with E-state index in [1.165, 1.54) is 26.3 Å². The number of thiophene rings is 1. The zero-order valence-electron chi connectivity index (χ0n) is 11.8. The van der Waals surface area contributed by atoms with Crippen LogP contribution in [0.25, 0.3) is 10.9 Å². The molecule has 0 spiro atoms. The number of hydrogen-bond donors (Lipinski definition) is 1. The molecule has 0 saturated heterocycles. The minimum Gasteiger partial charge on any atom is -0.308 e. The van der Waals surface area contributed by atoms with Crippen molar-refractivity contribution in [2.75, 3.05) is 0 Å². The molecule has 2 nitrogen and oxygen atoms in total. The number of rotatable bonds is 4. The number of nitrogens with one attached hydrogen (secondary N) is 1. The molecule has 0 aliphatic rings. The molecule has 2 aromatic heterocycles. The molecule has 0 bridgehead atoms. The summed E-state index contributed by atoms with van der Waals surface area (Å²) in [5, 5.41) is 4.72. The SMILES string of the molecule is Cc1cc(CNCc2ccc3ncccc3c2)sc1C. The minimum atomic E-state index is 0.890. The molecule has 0 radical (unpaired) electrons. The molecular weight excluding hydrogens is 264 g/mol. The van der Waals surface area contributed by atoms with Crippen LogP contribution in [0.15, 0.2) is 42.6 Å². The smallest absolute Gasteiger partial charge is 0.0702 e. The van der Waals surface area contributed by atoms with E-state index < -0.39 is 0 Å². The first-order valence-corrected chi connectivity index (χ1v) is 7.64. The number of pyridine rings is 1. The number of aromatic nitrogens is 1. The van der Waals surface area contributed by atoms with Crippen molar-refractivity contribution in [1.82, 2.24) is 10.3 Å². The van der Waals surface area contributed by atoms with Crippen LogP contribution in [0.2, 0.25) is 0 Å². The number of fused-ring (bicyclic) bond motifs is 1. The second-order valence-corrected chi connectivity index (χ2v) is 6.43. The maximum Gasteiger partial charge on any atom is 0.0702 e. The first-order valence-electron chi connectivity index (χ1n) is 6.82. The van der Waals surface area contributed by atoms with Crippen molar-refractivity contribution in [3.8, 4) is 0 Å². The number of aryl methyl sites for hydroxylation is 2. The predicted octanol–water partition coefficient (Wildman–Crippen LogP) is 4.20. The van der Waals surface area contributed by atoms with Crippen LogP contribution in [0.1, 0.15) is 20.9 Å². The van der Waals surface area contributed by atoms with E-state index in [1.54, 1.807) is 0 Å². The van der Waals surface area contributed by atoms with Gasteiger partial charge in [0.15, 0.2) is 0 Å². The largest absolute Gasteiger partial charge is 0.308 e. The Bertz CT molecular complexity index is 711. The summed E-state index contributed by atoms with van der Waals surface area (Å²) in [6.07, 6.45) is 1.84. The van der Waals surface area contributed by atoms with E-state index in [4.69, 9.17) is 0 Å². The number of nitrogens with zero attached hydrogens (tertiary/aromatic N) is 1. The van der Waals surface area contributed by atoms with Crippen molar-refractivity contribution in [1.29, 1.82) is 0 Å². The number of benzene rings is 1. The molecule has 0 aliphatic heterocycles. The molecule has 20 heavy (non-hydrogen) atoms. The topological polar surface area (TPSA) is 24.9 Å². The van der Waals surface area contributed by atoms with Gasteiger partial charge in [0.1, 0.15) is 0 Å². The van der Waals surface area contributed by atoms with E-state index in [2.05, 4.69) is 54.5 Å². The molecule has 0 amide bonds. The second kappa shape index (κ2) is 5.73. The van der Waals surface area contributed by atoms with Crippen molar-refractivity contribution < 1.29 is 0 Å². The van der Waals surface area contributed by atoms with E-state index in [9.17, 15) is 0 Å². The van der Waals surface area contributed by atoms with Crippen LogP contribution in [0.4, 0.5) is 0 Å². The highest BCUT2D eigenvalue weighted by Crippen LogP contribution is 2.20. The van der Waals surface area contributed by atoms with Gasteiger partial charge in [0.2, 0.25) is 0 Å². The van der Waals surface area contributed by atoms with Gasteiger partial charge < -0.3 is 5.32 Å². The quantitative estimate of drug-likeness (QED) is 0.775. The molecule has 102 valence electrons. The molecule has 1 N–H and O–H groups in total. The zero-order chi connectivity index (χ0) is 13.9. The average Bonchev–Trinajstić information content (AvgIpc) is 2.77. The van der Waals surface area contributed by atoms with Crippen molar-refractivity contribution in [2.24, 2.45) is 0 Å². The lowest BCUT2D eigenvalue weighted by Gasteiger charge is -2.05. The van der Waals surface area contributed by atoms with Gasteiger partial charge in [-0.3, -0.25) is 4.98 Å². The Kier molecular flexibility index (Phi) is 3.81. The standard InChI is InChI=1S/C17H18N2S/c1-12-8-16(20-13(12)2)11-18-10-14-5-6-17-15(9-14)4-3-7-19-17/h3-9,18H,10-11H2,1-2H3. The van der Waals surface area contributed by atoms with Crippen LogP contribution >= 0.6 is 11.3 Å². The van der Waals surface area contributed by atoms with Crippen molar-refractivity contribution in [3.63, 3.8) is 0 Å². The fourth-order valence-corrected chi connectivity index (χ4v) is 3.33. The lowest BCUT2D eigenvalue weighted by molar-refractivity contribution is 0.701. The summed E-state index contributed by atoms with van der Waals surface area (Å²) >= 11 is 1.88. The maximum atomic E-state index is 4.34. The van der Waals surface area contributed by atoms with Gasteiger partial charge in [0.25, 0.3) is 0 Å². The number of hydrogen-bond acceptors (Lipinski definition) is 3. The van der Waals surface area contributed by atoms with Crippen LogP contribution in [-0.2, 0) is 13.1 Å². The van der Waals surface area contributed by atoms with Crippen LogP contribution in [0.5, 0.6) is 0 Å². The van der Waals surface area contributed by atoms with Gasteiger partial charge in [0.05, 0.1) is 5.52 Å². The van der Waals surface area contributed by atoms with Gasteiger partial charge in [-0.2, -0.15) is 0 Å². The first-order chi connectivity index (χ1) is 9.72. The molecule has 0 atom stereocenters. The molecule has 3 aromatic rings. The maximum absolute atomic E-state index is 4.34. The molecule has 1 aromatic carbocycles. The van der Waals surface area contributed by atoms with Crippen LogP contribution in [-0.4, -0.2) is 4.98 Å². The Morgan fingerprint density at radius 3 is 2.80 bits per heavy atom. The van der Waals surface area contributed by atoms with E-state index in [1.807, 2.05) is 23.6 Å². The Hall–Kier alpha value is -1.71. The third-order valence-corrected chi connectivity index (χ3v) is 4.67. The summed E-state index contributed by atoms with van der Waals surface area (Å²) in [6, 6.07) is 12.8. The minimum absolute atomic E-state index is 0.890. The summed E-state index contributed by atoms with van der Waals surface area (Å²) in [4.78, 5) is 7.16. The summed E-state index contributed by atoms with van der Waals surface area (Å²) in [5.41, 5.74) is 3.75. The van der Waals surface area contributed by atoms with Gasteiger partial charge >= 0.3 is 0 Å². The highest BCUT2D eigenvalue weighted by molar-refractivity contribution is 7.12. The Morgan fingerprint density at radius 2 is 2.00 bits per heavy atom. The Morgan fingerprint density at radius 1 is 1.10 bits per heavy atom. The molecule has 0 saturated carbocycles. The Balaban J connectivity index is 1.64. The van der Waals surface area contributed by atoms with Crippen LogP contribution in [0, 0.1) is 13.8 Å². The average molecular weight is 282 g/mol. The fourth-order valence-electron chi connectivity index (χ4n) is 2.30. The van der Waals surface area contributed by atoms with Gasteiger partial charge in [-0.05, 0) is 49.2 Å². The van der Waals surface area contributed by atoms with Crippen LogP contribution in [0.3, 0.4) is 0 Å². The molecule has 3 rings (SSSR count). The highest BCUT2D eigenvalue weighted by atomic mass is 32.1. The van der Waals surface area contributed by atoms with Gasteiger partial charge in [-0.15, -0.1) is 11.3 Å². The van der Waals surface area contributed by atoms with Crippen molar-refractivity contribution >= 4 is 22.2 Å². The van der Waals surface area contributed by atoms with E-state index in [-0.39, 0.29) is 0 Å². The van der Waals surface area contributed by atoms with Crippen molar-refractivity contribution in [3.05, 3.63) is 63.5 Å². The molecule has 0 aliphatic carbocycles. The van der Waals surface area contributed by atoms with Gasteiger partial charge in [-0.1, -0.05) is 12.1 Å². The third-order valence-electron chi connectivity index (χ3n) is 3.51. The second-order valence-electron chi connectivity index (χ2n) is 5.09. The molecule has 0 unspecified atom stereocenters. The molecular formula is C17H18N2S. The highest BCUT2D eigenvalue weighted by Gasteiger charge is 2.02. The van der Waals surface area contributed by atoms with E-state index >= 15 is 0 Å². The molecule has 3 heteroatoms. The van der Waals surface area contributed by atoms with Crippen LogP contribution < -0.4 is 5.32 Å². The lowest BCUT2D eigenvalue weighted by atomic mass is 10.1. The third kappa shape index (κ3) is 2.89. The Labute approximate surface area is 123 Å². The summed E-state index contributed by atoms with van der Waals surface area (Å²) < 4.78 is 0. The summed E-state index contributed by atoms with van der Waals surface area (Å²) in [6.45, 7) is 6.18. The molecule has 2 heterocycles. The van der Waals surface area contributed by atoms with Gasteiger partial charge in [0, 0.05) is 34.4 Å². The van der Waals surface area contributed by atoms with Gasteiger partial charge in [-0.25, -0.2) is 0 Å².